The number of halogens is 6. The Morgan fingerprint density at radius 2 is 0.699 bits per heavy atom. The summed E-state index contributed by atoms with van der Waals surface area (Å²) in [5.74, 6) is 5.46. The third-order valence-corrected chi connectivity index (χ3v) is 27.9. The lowest BCUT2D eigenvalue weighted by Crippen LogP contribution is -2.48. The molecule has 4 saturated heterocycles. The molecule has 0 aromatic heterocycles. The molecule has 18 heteroatoms. The van der Waals surface area contributed by atoms with Gasteiger partial charge in [-0.1, -0.05) is 289 Å². The average molecular weight is 1880 g/mol. The van der Waals surface area contributed by atoms with E-state index < -0.39 is 35.6 Å². The van der Waals surface area contributed by atoms with Gasteiger partial charge in [-0.25, -0.2) is 5.01 Å². The molecule has 3 aliphatic carbocycles. The first-order valence-electron chi connectivity index (χ1n) is 51.9. The van der Waals surface area contributed by atoms with E-state index in [9.17, 15) is 41.7 Å². The fourth-order valence-corrected chi connectivity index (χ4v) is 19.2. The summed E-state index contributed by atoms with van der Waals surface area (Å²) in [7, 11) is 2.00. The lowest BCUT2D eigenvalue weighted by atomic mass is 9.95. The van der Waals surface area contributed by atoms with Gasteiger partial charge in [0.15, 0.2) is 0 Å². The zero-order valence-corrected chi connectivity index (χ0v) is 87.2. The fourth-order valence-electron chi connectivity index (χ4n) is 19.2. The number of anilines is 5. The van der Waals surface area contributed by atoms with Crippen molar-refractivity contribution in [1.29, 1.82) is 0 Å². The number of hydrazine groups is 1. The molecule has 0 bridgehead atoms. The smallest absolute Gasteiger partial charge is 0.393 e. The lowest BCUT2D eigenvalue weighted by molar-refractivity contribution is -0.177. The van der Waals surface area contributed by atoms with Crippen LogP contribution in [0.4, 0.5) is 54.8 Å². The second-order valence-corrected chi connectivity index (χ2v) is 43.4. The van der Waals surface area contributed by atoms with E-state index in [0.717, 1.165) is 80.1 Å². The molecule has 7 N–H and O–H groups in total. The van der Waals surface area contributed by atoms with Crippen LogP contribution in [0.2, 0.25) is 0 Å². The molecule has 12 nitrogen and oxygen atoms in total. The minimum absolute atomic E-state index is 0.104. The van der Waals surface area contributed by atoms with Gasteiger partial charge in [-0.05, 0) is 306 Å². The molecule has 7 aliphatic rings. The Morgan fingerprint density at radius 1 is 0.368 bits per heavy atom. The van der Waals surface area contributed by atoms with Crippen molar-refractivity contribution < 1.29 is 46.4 Å². The third-order valence-electron chi connectivity index (χ3n) is 27.9. The predicted molar refractivity (Wildman–Crippen MR) is 563 cm³/mol. The molecular formula is C118H176F6N8O4. The molecule has 0 amide bonds. The van der Waals surface area contributed by atoms with Crippen LogP contribution in [0, 0.1) is 5.92 Å². The van der Waals surface area contributed by atoms with E-state index in [0.29, 0.717) is 117 Å². The Morgan fingerprint density at radius 3 is 1.04 bits per heavy atom. The van der Waals surface area contributed by atoms with Crippen molar-refractivity contribution in [2.24, 2.45) is 5.92 Å². The van der Waals surface area contributed by atoms with Crippen LogP contribution in [0.3, 0.4) is 0 Å². The van der Waals surface area contributed by atoms with Gasteiger partial charge in [0.1, 0.15) is 12.1 Å². The molecule has 4 aliphatic heterocycles. The molecule has 4 heterocycles. The second kappa shape index (κ2) is 55.3. The van der Waals surface area contributed by atoms with Crippen LogP contribution >= 0.6 is 0 Å². The maximum atomic E-state index is 12.8. The number of likely N-dealkylation sites (tertiary alicyclic amines) is 2. The van der Waals surface area contributed by atoms with Crippen molar-refractivity contribution in [2.75, 3.05) is 66.1 Å². The predicted octanol–water partition coefficient (Wildman–Crippen LogP) is 30.7. The van der Waals surface area contributed by atoms with Gasteiger partial charge in [0, 0.05) is 80.4 Å². The number of nitrogens with zero attached hydrogens (tertiary/aromatic N) is 4. The molecular weight excluding hydrogens is 1710 g/mol. The largest absolute Gasteiger partial charge is 0.404 e. The normalized spacial score (nSPS) is 20.2. The third kappa shape index (κ3) is 39.6. The van der Waals surface area contributed by atoms with E-state index in [1.165, 1.54) is 131 Å². The molecule has 754 valence electrons. The standard InChI is InChI=1S/C16H26N2O.2C15H20F3N.C15H23N.C15H22.2C14H21NO.C14H23NO/c1-12(2)13-7-9-14(10-8-13)17-18-11-5-6-15(18)16(3,4)19;2*1-11(2)13-7-5-12(6-8-13)10-19-9-3-4-14(19)15(16,17)18;1-12(2)13-8-10-15(11-9-13)16-14-6-4-3-5-7-14;1-12(2)15-9-7-14(8-10-15)11-13-5-3-4-6-13;1-10(2)12-4-6-13(7-5-12)15-14-8-9-16-11(14)3;1-10(2)11-3-5-12(6-4-11)15-13-7-8-14(16)9-13;1-11(2)12-6-8-13(9-7-12)15(5)10-14(3,4)16/h7-10,12,15,17,19H,5-6,11H2,1-4H3;2*5-8,11,14H,3-4,9-10H2,1-2H3;8-12,14,16H,3-7H2,1-2H3;7-10,12-13H,3-6,11H2,1-2H3;4-7,10-11,14-15H,8-9H2,1-3H3;3-6,10,13-16H,7-9H2,1-2H3;6-9,11,16H,10H2,1-5H3/t;2*14-;;;;;/m.10...../s1. The van der Waals surface area contributed by atoms with Gasteiger partial charge < -0.3 is 46.3 Å². The number of rotatable bonds is 26. The minimum atomic E-state index is -4.10. The van der Waals surface area contributed by atoms with Gasteiger partial charge in [-0.15, -0.1) is 0 Å². The maximum Gasteiger partial charge on any atom is 0.404 e. The van der Waals surface area contributed by atoms with Crippen LogP contribution < -0.4 is 26.3 Å². The second-order valence-electron chi connectivity index (χ2n) is 43.4. The molecule has 0 spiro atoms. The van der Waals surface area contributed by atoms with Gasteiger partial charge in [0.25, 0.3) is 0 Å². The van der Waals surface area contributed by atoms with E-state index in [-0.39, 0.29) is 25.0 Å². The van der Waals surface area contributed by atoms with Crippen molar-refractivity contribution in [2.45, 2.75) is 406 Å². The number of likely N-dealkylation sites (N-methyl/N-ethyl adjacent to an activating group) is 1. The van der Waals surface area contributed by atoms with Crippen LogP contribution in [0.15, 0.2) is 194 Å². The molecule has 7 fully saturated rings. The van der Waals surface area contributed by atoms with E-state index in [2.05, 4.69) is 295 Å². The Hall–Kier alpha value is -7.94. The number of nitrogens with one attached hydrogen (secondary N) is 4. The van der Waals surface area contributed by atoms with Crippen LogP contribution in [-0.4, -0.2) is 142 Å². The average Bonchev–Trinajstić information content (AvgIpc) is 1.68. The zero-order chi connectivity index (χ0) is 99.6. The van der Waals surface area contributed by atoms with Crippen molar-refractivity contribution in [1.82, 2.24) is 14.8 Å². The van der Waals surface area contributed by atoms with Crippen molar-refractivity contribution in [3.8, 4) is 0 Å². The highest BCUT2D eigenvalue weighted by molar-refractivity contribution is 5.50. The number of aliphatic hydroxyl groups excluding tert-OH is 1. The number of aliphatic hydroxyl groups is 3. The Kier molecular flexibility index (Phi) is 46.1. The number of ether oxygens (including phenoxy) is 1. The number of hydrogen-bond acceptors (Lipinski definition) is 12. The number of alkyl halides is 6. The van der Waals surface area contributed by atoms with Gasteiger partial charge >= 0.3 is 12.4 Å². The molecule has 15 rings (SSSR count). The minimum Gasteiger partial charge on any atom is -0.393 e. The highest BCUT2D eigenvalue weighted by Gasteiger charge is 2.47. The van der Waals surface area contributed by atoms with E-state index in [1.54, 1.807) is 9.80 Å². The summed E-state index contributed by atoms with van der Waals surface area (Å²) in [5, 5.41) is 42.2. The quantitative estimate of drug-likeness (QED) is 0.0261. The Bertz CT molecular complexity index is 4330. The molecule has 0 radical (unpaired) electrons. The lowest BCUT2D eigenvalue weighted by Gasteiger charge is -2.34. The Balaban J connectivity index is 0.000000191. The summed E-state index contributed by atoms with van der Waals surface area (Å²) in [5.41, 5.74) is 22.3. The zero-order valence-electron chi connectivity index (χ0n) is 87.2. The monoisotopic (exact) mass is 1880 g/mol. The van der Waals surface area contributed by atoms with Crippen LogP contribution in [0.25, 0.3) is 0 Å². The molecule has 8 aromatic rings. The van der Waals surface area contributed by atoms with Crippen LogP contribution in [-0.2, 0) is 24.2 Å². The Labute approximate surface area is 818 Å². The van der Waals surface area contributed by atoms with Gasteiger partial charge in [-0.3, -0.25) is 9.80 Å². The summed E-state index contributed by atoms with van der Waals surface area (Å²) in [6.07, 6.45) is 13.9. The highest BCUT2D eigenvalue weighted by Crippen LogP contribution is 2.38. The highest BCUT2D eigenvalue weighted by atomic mass is 19.4. The maximum absolute atomic E-state index is 12.8. The summed E-state index contributed by atoms with van der Waals surface area (Å²) in [4.78, 5) is 5.17. The summed E-state index contributed by atoms with van der Waals surface area (Å²) >= 11 is 0. The molecule has 136 heavy (non-hydrogen) atoms. The van der Waals surface area contributed by atoms with E-state index >= 15 is 0 Å². The van der Waals surface area contributed by atoms with Crippen molar-refractivity contribution in [3.05, 3.63) is 255 Å². The molecule has 3 saturated carbocycles. The first kappa shape index (κ1) is 113. The topological polar surface area (TPSA) is 131 Å². The van der Waals surface area contributed by atoms with Gasteiger partial charge in [-0.2, -0.15) is 26.3 Å². The van der Waals surface area contributed by atoms with E-state index in [4.69, 9.17) is 4.74 Å². The molecule has 7 atom stereocenters. The first-order valence-corrected chi connectivity index (χ1v) is 51.9. The van der Waals surface area contributed by atoms with Crippen molar-refractivity contribution >= 4 is 28.4 Å². The van der Waals surface area contributed by atoms with Crippen molar-refractivity contribution in [3.63, 3.8) is 0 Å². The summed E-state index contributed by atoms with van der Waals surface area (Å²) in [6, 6.07) is 67.8. The van der Waals surface area contributed by atoms with Gasteiger partial charge in [0.2, 0.25) is 0 Å². The van der Waals surface area contributed by atoms with Crippen LogP contribution in [0.5, 0.6) is 0 Å². The molecule has 8 aromatic carbocycles. The first-order chi connectivity index (χ1) is 64.2. The number of benzene rings is 8. The molecule has 5 unspecified atom stereocenters. The van der Waals surface area contributed by atoms with E-state index in [1.807, 2.05) is 83.3 Å². The van der Waals surface area contributed by atoms with Gasteiger partial charge in [0.05, 0.1) is 35.5 Å². The van der Waals surface area contributed by atoms with Crippen LogP contribution in [0.1, 0.15) is 376 Å². The summed E-state index contributed by atoms with van der Waals surface area (Å²) in [6.45, 7) is 49.0. The fraction of sp³-hybridized carbons (Fsp3) is 0.593. The number of hydrogen-bond donors (Lipinski definition) is 7. The summed E-state index contributed by atoms with van der Waals surface area (Å²) < 4.78 is 82.6. The SMILES string of the molecule is CC(C)c1ccc(CC2CCCC2)cc1.CC(C)c1ccc(CN2CCC[C@@H]2C(F)(F)F)cc1.CC(C)c1ccc(CN2CCC[C@H]2C(F)(F)F)cc1.CC(C)c1ccc(N(C)CC(C)(C)O)cc1.CC(C)c1ccc(NC2CCC(O)C2)cc1.CC(C)c1ccc(NC2CCCCC2)cc1.CC(C)c1ccc(NC2CCOC2C)cc1.CC(C)c1ccc(NN2CCCC2C(C)(C)O)cc1.